The molecule has 130 valence electrons. The van der Waals surface area contributed by atoms with Crippen molar-refractivity contribution < 1.29 is 13.2 Å². The molecule has 0 aliphatic carbocycles. The number of hydrogen-bond donors (Lipinski definition) is 2. The molecule has 0 radical (unpaired) electrons. The SMILES string of the molecule is CN=C(NCC#Cc1cccc(C(F)(F)F)c1)NCC1CCCS1. The first kappa shape index (κ1) is 18.5. The van der Waals surface area contributed by atoms with Gasteiger partial charge in [0.15, 0.2) is 5.96 Å². The van der Waals surface area contributed by atoms with Crippen LogP contribution in [0.4, 0.5) is 13.2 Å². The van der Waals surface area contributed by atoms with Gasteiger partial charge in [-0.05, 0) is 36.8 Å². The van der Waals surface area contributed by atoms with E-state index in [-0.39, 0.29) is 0 Å². The van der Waals surface area contributed by atoms with Crippen LogP contribution in [0.3, 0.4) is 0 Å². The van der Waals surface area contributed by atoms with Crippen molar-refractivity contribution in [3.05, 3.63) is 35.4 Å². The van der Waals surface area contributed by atoms with Gasteiger partial charge in [-0.2, -0.15) is 24.9 Å². The molecule has 1 aliphatic rings. The molecule has 1 aliphatic heterocycles. The molecule has 1 atom stereocenters. The zero-order valence-corrected chi connectivity index (χ0v) is 14.2. The quantitative estimate of drug-likeness (QED) is 0.497. The number of benzene rings is 1. The summed E-state index contributed by atoms with van der Waals surface area (Å²) in [6, 6.07) is 5.01. The van der Waals surface area contributed by atoms with Crippen LogP contribution < -0.4 is 10.6 Å². The molecule has 1 fully saturated rings. The van der Waals surface area contributed by atoms with E-state index in [2.05, 4.69) is 27.5 Å². The average Bonchev–Trinajstić information content (AvgIpc) is 3.07. The first-order chi connectivity index (χ1) is 11.5. The Balaban J connectivity index is 1.81. The number of guanidine groups is 1. The lowest BCUT2D eigenvalue weighted by Gasteiger charge is -2.13. The van der Waals surface area contributed by atoms with E-state index in [0.717, 1.165) is 18.7 Å². The van der Waals surface area contributed by atoms with Crippen LogP contribution in [-0.2, 0) is 6.18 Å². The van der Waals surface area contributed by atoms with E-state index >= 15 is 0 Å². The molecule has 0 amide bonds. The molecule has 0 bridgehead atoms. The third kappa shape index (κ3) is 6.00. The second kappa shape index (κ2) is 8.88. The minimum atomic E-state index is -4.35. The topological polar surface area (TPSA) is 36.4 Å². The van der Waals surface area contributed by atoms with Gasteiger partial charge in [0.25, 0.3) is 0 Å². The van der Waals surface area contributed by atoms with Crippen molar-refractivity contribution in [2.45, 2.75) is 24.3 Å². The largest absolute Gasteiger partial charge is 0.416 e. The van der Waals surface area contributed by atoms with Gasteiger partial charge in [-0.25, -0.2) is 0 Å². The monoisotopic (exact) mass is 355 g/mol. The van der Waals surface area contributed by atoms with E-state index in [1.54, 1.807) is 13.1 Å². The Bertz CT molecular complexity index is 626. The maximum atomic E-state index is 12.6. The molecule has 0 saturated carbocycles. The first-order valence-corrected chi connectivity index (χ1v) is 8.76. The van der Waals surface area contributed by atoms with Gasteiger partial charge < -0.3 is 10.6 Å². The summed E-state index contributed by atoms with van der Waals surface area (Å²) < 4.78 is 37.9. The zero-order valence-electron chi connectivity index (χ0n) is 13.4. The maximum absolute atomic E-state index is 12.6. The van der Waals surface area contributed by atoms with Crippen LogP contribution in [0.1, 0.15) is 24.0 Å². The van der Waals surface area contributed by atoms with Crippen molar-refractivity contribution in [1.29, 1.82) is 0 Å². The number of rotatable bonds is 3. The van der Waals surface area contributed by atoms with Crippen molar-refractivity contribution in [1.82, 2.24) is 10.6 Å². The van der Waals surface area contributed by atoms with E-state index in [0.29, 0.717) is 23.3 Å². The third-order valence-electron chi connectivity index (χ3n) is 3.51. The van der Waals surface area contributed by atoms with Gasteiger partial charge in [0.2, 0.25) is 0 Å². The van der Waals surface area contributed by atoms with Crippen LogP contribution in [0.25, 0.3) is 0 Å². The minimum Gasteiger partial charge on any atom is -0.355 e. The van der Waals surface area contributed by atoms with Crippen LogP contribution in [-0.4, -0.2) is 37.1 Å². The van der Waals surface area contributed by atoms with Gasteiger partial charge in [-0.1, -0.05) is 17.9 Å². The van der Waals surface area contributed by atoms with Crippen molar-refractivity contribution in [3.8, 4) is 11.8 Å². The molecule has 1 heterocycles. The van der Waals surface area contributed by atoms with Crippen LogP contribution >= 0.6 is 11.8 Å². The van der Waals surface area contributed by atoms with Gasteiger partial charge in [0.05, 0.1) is 12.1 Å². The van der Waals surface area contributed by atoms with Crippen LogP contribution in [0.5, 0.6) is 0 Å². The predicted molar refractivity (Wildman–Crippen MR) is 93.2 cm³/mol. The number of halogens is 3. The molecular weight excluding hydrogens is 335 g/mol. The Kier molecular flexibility index (Phi) is 6.85. The fourth-order valence-electron chi connectivity index (χ4n) is 2.28. The second-order valence-corrected chi connectivity index (χ2v) is 6.73. The molecule has 0 spiro atoms. The number of hydrogen-bond acceptors (Lipinski definition) is 2. The summed E-state index contributed by atoms with van der Waals surface area (Å²) in [6.07, 6.45) is -1.88. The van der Waals surface area contributed by atoms with E-state index in [1.165, 1.54) is 24.7 Å². The normalized spacial score (nSPS) is 18.0. The van der Waals surface area contributed by atoms with Gasteiger partial charge in [-0.3, -0.25) is 4.99 Å². The molecule has 1 unspecified atom stereocenters. The fourth-order valence-corrected chi connectivity index (χ4v) is 3.49. The first-order valence-electron chi connectivity index (χ1n) is 7.71. The van der Waals surface area contributed by atoms with Crippen molar-refractivity contribution in [2.75, 3.05) is 25.9 Å². The van der Waals surface area contributed by atoms with E-state index < -0.39 is 11.7 Å². The molecular formula is C17H20F3N3S. The highest BCUT2D eigenvalue weighted by Crippen LogP contribution is 2.29. The van der Waals surface area contributed by atoms with E-state index in [9.17, 15) is 13.2 Å². The third-order valence-corrected chi connectivity index (χ3v) is 4.91. The van der Waals surface area contributed by atoms with Crippen molar-refractivity contribution >= 4 is 17.7 Å². The fraction of sp³-hybridized carbons (Fsp3) is 0.471. The lowest BCUT2D eigenvalue weighted by molar-refractivity contribution is -0.137. The number of nitrogens with zero attached hydrogens (tertiary/aromatic N) is 1. The van der Waals surface area contributed by atoms with E-state index in [1.807, 2.05) is 11.8 Å². The van der Waals surface area contributed by atoms with Gasteiger partial charge >= 0.3 is 6.18 Å². The summed E-state index contributed by atoms with van der Waals surface area (Å²) in [7, 11) is 1.68. The summed E-state index contributed by atoms with van der Waals surface area (Å²) in [5.74, 6) is 7.42. The Morgan fingerprint density at radius 1 is 1.38 bits per heavy atom. The molecule has 24 heavy (non-hydrogen) atoms. The molecule has 1 aromatic carbocycles. The number of aliphatic imine (C=N–C) groups is 1. The molecule has 7 heteroatoms. The Labute approximate surface area is 144 Å². The zero-order chi connectivity index (χ0) is 17.4. The van der Waals surface area contributed by atoms with Crippen LogP contribution in [0, 0.1) is 11.8 Å². The van der Waals surface area contributed by atoms with Gasteiger partial charge in [-0.15, -0.1) is 0 Å². The number of alkyl halides is 3. The molecule has 1 saturated heterocycles. The predicted octanol–water partition coefficient (Wildman–Crippen LogP) is 3.12. The van der Waals surface area contributed by atoms with Crippen LogP contribution in [0.15, 0.2) is 29.3 Å². The summed E-state index contributed by atoms with van der Waals surface area (Å²) >= 11 is 1.96. The molecule has 2 rings (SSSR count). The Morgan fingerprint density at radius 2 is 2.21 bits per heavy atom. The van der Waals surface area contributed by atoms with Crippen molar-refractivity contribution in [3.63, 3.8) is 0 Å². The minimum absolute atomic E-state index is 0.313. The summed E-state index contributed by atoms with van der Waals surface area (Å²) in [5, 5.41) is 6.89. The lowest BCUT2D eigenvalue weighted by Crippen LogP contribution is -2.40. The molecule has 2 N–H and O–H groups in total. The lowest BCUT2D eigenvalue weighted by atomic mass is 10.1. The summed E-state index contributed by atoms with van der Waals surface area (Å²) in [6.45, 7) is 1.17. The second-order valence-electron chi connectivity index (χ2n) is 5.32. The number of nitrogens with one attached hydrogen (secondary N) is 2. The van der Waals surface area contributed by atoms with Crippen LogP contribution in [0.2, 0.25) is 0 Å². The smallest absolute Gasteiger partial charge is 0.355 e. The van der Waals surface area contributed by atoms with E-state index in [4.69, 9.17) is 0 Å². The molecule has 3 nitrogen and oxygen atoms in total. The molecule has 1 aromatic rings. The maximum Gasteiger partial charge on any atom is 0.416 e. The Morgan fingerprint density at radius 3 is 2.88 bits per heavy atom. The average molecular weight is 355 g/mol. The highest BCUT2D eigenvalue weighted by Gasteiger charge is 2.30. The Hall–Kier alpha value is -1.81. The van der Waals surface area contributed by atoms with Gasteiger partial charge in [0, 0.05) is 24.4 Å². The highest BCUT2D eigenvalue weighted by molar-refractivity contribution is 8.00. The van der Waals surface area contributed by atoms with Gasteiger partial charge in [0.1, 0.15) is 0 Å². The summed E-state index contributed by atoms with van der Waals surface area (Å²) in [5.41, 5.74) is -0.342. The highest BCUT2D eigenvalue weighted by atomic mass is 32.2. The standard InChI is InChI=1S/C17H20F3N3S/c1-21-16(23-12-15-8-4-10-24-15)22-9-3-6-13-5-2-7-14(11-13)17(18,19)20/h2,5,7,11,15H,4,8-10,12H2,1H3,(H2,21,22,23). The number of thioether (sulfide) groups is 1. The summed E-state index contributed by atoms with van der Waals surface area (Å²) in [4.78, 5) is 4.11. The van der Waals surface area contributed by atoms with Crippen molar-refractivity contribution in [2.24, 2.45) is 4.99 Å². The molecule has 0 aromatic heterocycles.